The number of rotatable bonds is 3. The average Bonchev–Trinajstić information content (AvgIpc) is 2.75. The summed E-state index contributed by atoms with van der Waals surface area (Å²) in [5.41, 5.74) is -0.392. The first-order valence-corrected chi connectivity index (χ1v) is 9.35. The second kappa shape index (κ2) is 6.48. The number of hydrogen-bond acceptors (Lipinski definition) is 6. The summed E-state index contributed by atoms with van der Waals surface area (Å²) in [6, 6.07) is 4.12. The minimum absolute atomic E-state index is 0.222. The zero-order chi connectivity index (χ0) is 19.3. The lowest BCUT2D eigenvalue weighted by Crippen LogP contribution is -2.45. The van der Waals surface area contributed by atoms with E-state index in [1.54, 1.807) is 13.8 Å². The van der Waals surface area contributed by atoms with Crippen molar-refractivity contribution in [1.29, 1.82) is 0 Å². The number of anilines is 1. The van der Waals surface area contributed by atoms with Crippen molar-refractivity contribution in [3.05, 3.63) is 17.8 Å². The molecular formula is C19H31BN2O4. The highest BCUT2D eigenvalue weighted by atomic mass is 16.7. The maximum absolute atomic E-state index is 10.6. The molecule has 3 rings (SSSR count). The van der Waals surface area contributed by atoms with Crippen molar-refractivity contribution in [1.82, 2.24) is 4.98 Å². The van der Waals surface area contributed by atoms with Crippen molar-refractivity contribution in [2.24, 2.45) is 0 Å². The molecule has 0 radical (unpaired) electrons. The van der Waals surface area contributed by atoms with Gasteiger partial charge in [0, 0.05) is 6.54 Å². The fourth-order valence-corrected chi connectivity index (χ4v) is 3.18. The fourth-order valence-electron chi connectivity index (χ4n) is 3.18. The van der Waals surface area contributed by atoms with E-state index in [0.29, 0.717) is 18.9 Å². The van der Waals surface area contributed by atoms with E-state index in [9.17, 15) is 5.11 Å². The zero-order valence-electron chi connectivity index (χ0n) is 17.0. The Morgan fingerprint density at radius 1 is 1.19 bits per heavy atom. The summed E-state index contributed by atoms with van der Waals surface area (Å²) < 4.78 is 18.0. The Labute approximate surface area is 157 Å². The number of hydrogen-bond donors (Lipinski definition) is 1. The molecule has 1 atom stereocenters. The van der Waals surface area contributed by atoms with E-state index >= 15 is 0 Å². The normalized spacial score (nSPS) is 25.6. The number of aromatic nitrogens is 1. The van der Waals surface area contributed by atoms with Crippen molar-refractivity contribution in [2.75, 3.05) is 24.7 Å². The first-order chi connectivity index (χ1) is 11.9. The lowest BCUT2D eigenvalue weighted by atomic mass is 9.78. The summed E-state index contributed by atoms with van der Waals surface area (Å²) in [4.78, 5) is 6.95. The Kier molecular flexibility index (Phi) is 4.89. The van der Waals surface area contributed by atoms with Gasteiger partial charge in [0.1, 0.15) is 11.4 Å². The third-order valence-corrected chi connectivity index (χ3v) is 5.65. The summed E-state index contributed by atoms with van der Waals surface area (Å²) in [6.07, 6.45) is 0. The first kappa shape index (κ1) is 19.6. The Morgan fingerprint density at radius 3 is 2.35 bits per heavy atom. The van der Waals surface area contributed by atoms with Crippen LogP contribution in [0.3, 0.4) is 0 Å². The fraction of sp³-hybridized carbons (Fsp3) is 0.737. The second-order valence-electron chi connectivity index (χ2n) is 8.91. The lowest BCUT2D eigenvalue weighted by Gasteiger charge is -2.35. The Hall–Kier alpha value is -1.15. The lowest BCUT2D eigenvalue weighted by molar-refractivity contribution is 0.00578. The third kappa shape index (κ3) is 3.63. The van der Waals surface area contributed by atoms with Crippen LogP contribution in [0.5, 0.6) is 0 Å². The van der Waals surface area contributed by atoms with Gasteiger partial charge in [-0.25, -0.2) is 4.98 Å². The maximum Gasteiger partial charge on any atom is 0.495 e. The number of ether oxygens (including phenoxy) is 1. The molecule has 6 nitrogen and oxygen atoms in total. The number of pyridine rings is 1. The van der Waals surface area contributed by atoms with Crippen LogP contribution in [0.4, 0.5) is 5.82 Å². The molecule has 0 saturated carbocycles. The average molecular weight is 362 g/mol. The zero-order valence-corrected chi connectivity index (χ0v) is 17.0. The topological polar surface area (TPSA) is 64.1 Å². The molecule has 0 aliphatic carbocycles. The van der Waals surface area contributed by atoms with Gasteiger partial charge in [-0.2, -0.15) is 0 Å². The molecule has 1 aromatic rings. The standard InChI is InChI=1S/C19H31BN2O4/c1-13-12-24-9-8-22(13)16-11-14(10-15(21-16)17(2,3)23)20-25-18(4,5)19(6,7)26-20/h10-11,13,23H,8-9,12H2,1-7H3. The van der Waals surface area contributed by atoms with Crippen LogP contribution in [0.1, 0.15) is 54.2 Å². The van der Waals surface area contributed by atoms with Gasteiger partial charge in [0.25, 0.3) is 0 Å². The van der Waals surface area contributed by atoms with Gasteiger partial charge in [-0.3, -0.25) is 0 Å². The molecule has 2 fully saturated rings. The molecule has 0 aromatic carbocycles. The molecule has 3 heterocycles. The molecule has 1 aromatic heterocycles. The Bertz CT molecular complexity index is 656. The van der Waals surface area contributed by atoms with E-state index in [1.165, 1.54) is 0 Å². The molecule has 1 N–H and O–H groups in total. The van der Waals surface area contributed by atoms with Crippen LogP contribution in [-0.4, -0.2) is 54.2 Å². The Morgan fingerprint density at radius 2 is 1.81 bits per heavy atom. The van der Waals surface area contributed by atoms with Crippen LogP contribution >= 0.6 is 0 Å². The van der Waals surface area contributed by atoms with Gasteiger partial charge in [0.05, 0.1) is 36.2 Å². The number of nitrogens with zero attached hydrogens (tertiary/aromatic N) is 2. The van der Waals surface area contributed by atoms with Gasteiger partial charge < -0.3 is 24.1 Å². The minimum atomic E-state index is -1.05. The highest BCUT2D eigenvalue weighted by Crippen LogP contribution is 2.37. The predicted molar refractivity (Wildman–Crippen MR) is 103 cm³/mol. The molecule has 2 aliphatic heterocycles. The van der Waals surface area contributed by atoms with Gasteiger partial charge in [-0.15, -0.1) is 0 Å². The van der Waals surface area contributed by atoms with E-state index in [2.05, 4.69) is 11.8 Å². The summed E-state index contributed by atoms with van der Waals surface area (Å²) >= 11 is 0. The molecule has 2 aliphatic rings. The van der Waals surface area contributed by atoms with E-state index in [4.69, 9.17) is 19.0 Å². The summed E-state index contributed by atoms with van der Waals surface area (Å²) in [5, 5.41) is 10.6. The van der Waals surface area contributed by atoms with E-state index in [0.717, 1.165) is 17.8 Å². The number of aliphatic hydroxyl groups is 1. The molecule has 7 heteroatoms. The number of morpholine rings is 1. The SMILES string of the molecule is CC1COCCN1c1cc(B2OC(C)(C)C(C)(C)O2)cc(C(C)(C)O)n1. The van der Waals surface area contributed by atoms with Crippen LogP contribution in [-0.2, 0) is 19.6 Å². The Balaban J connectivity index is 2.01. The summed E-state index contributed by atoms with van der Waals surface area (Å²) in [6.45, 7) is 15.9. The molecule has 0 amide bonds. The first-order valence-electron chi connectivity index (χ1n) is 9.35. The molecule has 0 bridgehead atoms. The van der Waals surface area contributed by atoms with Crippen molar-refractivity contribution in [3.8, 4) is 0 Å². The van der Waals surface area contributed by atoms with Gasteiger partial charge in [0.15, 0.2) is 0 Å². The van der Waals surface area contributed by atoms with Crippen molar-refractivity contribution in [2.45, 2.75) is 71.3 Å². The molecule has 0 spiro atoms. The van der Waals surface area contributed by atoms with Gasteiger partial charge in [-0.05, 0) is 66.1 Å². The molecule has 2 saturated heterocycles. The monoisotopic (exact) mass is 362 g/mol. The minimum Gasteiger partial charge on any atom is -0.399 e. The van der Waals surface area contributed by atoms with Crippen molar-refractivity contribution < 1.29 is 19.2 Å². The van der Waals surface area contributed by atoms with Crippen molar-refractivity contribution >= 4 is 18.4 Å². The van der Waals surface area contributed by atoms with E-state index in [1.807, 2.05) is 39.8 Å². The summed E-state index contributed by atoms with van der Waals surface area (Å²) in [5.74, 6) is 0.824. The summed E-state index contributed by atoms with van der Waals surface area (Å²) in [7, 11) is -0.487. The van der Waals surface area contributed by atoms with E-state index < -0.39 is 23.9 Å². The quantitative estimate of drug-likeness (QED) is 0.828. The van der Waals surface area contributed by atoms with Crippen LogP contribution in [0.15, 0.2) is 12.1 Å². The molecular weight excluding hydrogens is 331 g/mol. The van der Waals surface area contributed by atoms with Crippen LogP contribution in [0.2, 0.25) is 0 Å². The molecule has 1 unspecified atom stereocenters. The highest BCUT2D eigenvalue weighted by molar-refractivity contribution is 6.62. The van der Waals surface area contributed by atoms with Crippen LogP contribution in [0, 0.1) is 0 Å². The largest absolute Gasteiger partial charge is 0.495 e. The second-order valence-corrected chi connectivity index (χ2v) is 8.91. The maximum atomic E-state index is 10.6. The van der Waals surface area contributed by atoms with Gasteiger partial charge >= 0.3 is 7.12 Å². The molecule has 144 valence electrons. The highest BCUT2D eigenvalue weighted by Gasteiger charge is 2.52. The smallest absolute Gasteiger partial charge is 0.399 e. The van der Waals surface area contributed by atoms with Crippen LogP contribution < -0.4 is 10.4 Å². The van der Waals surface area contributed by atoms with E-state index in [-0.39, 0.29) is 6.04 Å². The van der Waals surface area contributed by atoms with Crippen molar-refractivity contribution in [3.63, 3.8) is 0 Å². The van der Waals surface area contributed by atoms with Gasteiger partial charge in [-0.1, -0.05) is 0 Å². The van der Waals surface area contributed by atoms with Crippen LogP contribution in [0.25, 0.3) is 0 Å². The predicted octanol–water partition coefficient (Wildman–Crippen LogP) is 1.83. The third-order valence-electron chi connectivity index (χ3n) is 5.65. The van der Waals surface area contributed by atoms with Gasteiger partial charge in [0.2, 0.25) is 0 Å². The molecule has 26 heavy (non-hydrogen) atoms.